The maximum Gasteiger partial charge on any atom is 0.236 e. The number of halogens is 1. The molecule has 1 saturated heterocycles. The summed E-state index contributed by atoms with van der Waals surface area (Å²) < 4.78 is 0. The Balaban J connectivity index is 0.00000121. The lowest BCUT2D eigenvalue weighted by Crippen LogP contribution is -2.46. The third kappa shape index (κ3) is 3.07. The van der Waals surface area contributed by atoms with Crippen molar-refractivity contribution in [2.24, 2.45) is 0 Å². The molecule has 0 bridgehead atoms. The van der Waals surface area contributed by atoms with Crippen LogP contribution in [0.25, 0.3) is 0 Å². The van der Waals surface area contributed by atoms with E-state index in [1.807, 2.05) is 6.07 Å². The maximum absolute atomic E-state index is 11.1. The molecule has 12 heavy (non-hydrogen) atoms. The highest BCUT2D eigenvalue weighted by atomic mass is 35.5. The minimum absolute atomic E-state index is 0. The van der Waals surface area contributed by atoms with Crippen molar-refractivity contribution < 1.29 is 4.79 Å². The van der Waals surface area contributed by atoms with Gasteiger partial charge in [-0.3, -0.25) is 4.79 Å². The summed E-state index contributed by atoms with van der Waals surface area (Å²) in [5.74, 6) is -0.0472. The van der Waals surface area contributed by atoms with Crippen LogP contribution in [0.1, 0.15) is 6.42 Å². The van der Waals surface area contributed by atoms with Gasteiger partial charge in [0, 0.05) is 26.2 Å². The molecule has 1 heterocycles. The van der Waals surface area contributed by atoms with Gasteiger partial charge in [-0.1, -0.05) is 0 Å². The molecule has 0 atom stereocenters. The highest BCUT2D eigenvalue weighted by Crippen LogP contribution is 1.95. The number of nitriles is 1. The topological polar surface area (TPSA) is 56.1 Å². The van der Waals surface area contributed by atoms with Gasteiger partial charge in [-0.25, -0.2) is 0 Å². The van der Waals surface area contributed by atoms with Crippen LogP contribution in [0, 0.1) is 11.3 Å². The van der Waals surface area contributed by atoms with Crippen LogP contribution >= 0.6 is 12.4 Å². The van der Waals surface area contributed by atoms with E-state index in [0.29, 0.717) is 0 Å². The SMILES string of the molecule is Cl.N#CCC(=O)N1CCNCC1. The lowest BCUT2D eigenvalue weighted by atomic mass is 10.3. The van der Waals surface area contributed by atoms with Gasteiger partial charge >= 0.3 is 0 Å². The monoisotopic (exact) mass is 189 g/mol. The molecule has 1 rings (SSSR count). The van der Waals surface area contributed by atoms with E-state index in [-0.39, 0.29) is 24.7 Å². The first-order chi connectivity index (χ1) is 5.34. The van der Waals surface area contributed by atoms with E-state index < -0.39 is 0 Å². The van der Waals surface area contributed by atoms with E-state index in [4.69, 9.17) is 5.26 Å². The molecule has 0 spiro atoms. The van der Waals surface area contributed by atoms with E-state index >= 15 is 0 Å². The molecule has 68 valence electrons. The van der Waals surface area contributed by atoms with Crippen LogP contribution in [0.3, 0.4) is 0 Å². The molecule has 0 unspecified atom stereocenters. The predicted molar refractivity (Wildman–Crippen MR) is 46.9 cm³/mol. The predicted octanol–water partition coefficient (Wildman–Crippen LogP) is -0.246. The van der Waals surface area contributed by atoms with E-state index in [9.17, 15) is 4.79 Å². The average Bonchev–Trinajstić information content (AvgIpc) is 2.07. The number of hydrogen-bond donors (Lipinski definition) is 1. The summed E-state index contributed by atoms with van der Waals surface area (Å²) in [7, 11) is 0. The zero-order valence-electron chi connectivity index (χ0n) is 6.75. The Labute approximate surface area is 77.9 Å². The standard InChI is InChI=1S/C7H11N3O.ClH/c8-2-1-7(11)10-5-3-9-4-6-10;/h9H,1,3-6H2;1H. The summed E-state index contributed by atoms with van der Waals surface area (Å²) in [4.78, 5) is 12.8. The van der Waals surface area contributed by atoms with Gasteiger partial charge in [-0.05, 0) is 0 Å². The second kappa shape index (κ2) is 5.81. The van der Waals surface area contributed by atoms with Crippen molar-refractivity contribution in [2.75, 3.05) is 26.2 Å². The number of rotatable bonds is 1. The van der Waals surface area contributed by atoms with Crippen molar-refractivity contribution >= 4 is 18.3 Å². The fourth-order valence-corrected chi connectivity index (χ4v) is 1.09. The first-order valence-electron chi connectivity index (χ1n) is 3.70. The van der Waals surface area contributed by atoms with Gasteiger partial charge in [-0.2, -0.15) is 5.26 Å². The van der Waals surface area contributed by atoms with Crippen LogP contribution in [-0.4, -0.2) is 37.0 Å². The Morgan fingerprint density at radius 3 is 2.58 bits per heavy atom. The quantitative estimate of drug-likeness (QED) is 0.619. The maximum atomic E-state index is 11.1. The highest BCUT2D eigenvalue weighted by molar-refractivity contribution is 5.85. The largest absolute Gasteiger partial charge is 0.339 e. The lowest BCUT2D eigenvalue weighted by molar-refractivity contribution is -0.130. The van der Waals surface area contributed by atoms with E-state index in [1.165, 1.54) is 0 Å². The second-order valence-electron chi connectivity index (χ2n) is 2.47. The fraction of sp³-hybridized carbons (Fsp3) is 0.714. The van der Waals surface area contributed by atoms with E-state index in [2.05, 4.69) is 5.32 Å². The minimum atomic E-state index is -0.0472. The van der Waals surface area contributed by atoms with Crippen LogP contribution in [0.2, 0.25) is 0 Å². The Kier molecular flexibility index (Phi) is 5.43. The van der Waals surface area contributed by atoms with E-state index in [1.54, 1.807) is 4.90 Å². The molecule has 4 nitrogen and oxygen atoms in total. The number of piperazine rings is 1. The lowest BCUT2D eigenvalue weighted by Gasteiger charge is -2.26. The molecule has 0 aromatic carbocycles. The summed E-state index contributed by atoms with van der Waals surface area (Å²) in [6, 6.07) is 1.85. The third-order valence-electron chi connectivity index (χ3n) is 1.70. The third-order valence-corrected chi connectivity index (χ3v) is 1.70. The Morgan fingerprint density at radius 2 is 2.08 bits per heavy atom. The molecular formula is C7H12ClN3O. The molecule has 1 fully saturated rings. The number of carbonyl (C=O) groups is 1. The minimum Gasteiger partial charge on any atom is -0.339 e. The Hall–Kier alpha value is -0.790. The number of nitrogens with one attached hydrogen (secondary N) is 1. The highest BCUT2D eigenvalue weighted by Gasteiger charge is 2.14. The van der Waals surface area contributed by atoms with Crippen LogP contribution in [0.15, 0.2) is 0 Å². The van der Waals surface area contributed by atoms with Crippen LogP contribution in [0.4, 0.5) is 0 Å². The fourth-order valence-electron chi connectivity index (χ4n) is 1.09. The smallest absolute Gasteiger partial charge is 0.236 e. The van der Waals surface area contributed by atoms with Gasteiger partial charge in [0.15, 0.2) is 0 Å². The van der Waals surface area contributed by atoms with Gasteiger partial charge in [-0.15, -0.1) is 12.4 Å². The zero-order chi connectivity index (χ0) is 8.10. The molecule has 0 aliphatic carbocycles. The van der Waals surface area contributed by atoms with Crippen LogP contribution < -0.4 is 5.32 Å². The molecule has 0 aromatic rings. The zero-order valence-corrected chi connectivity index (χ0v) is 7.56. The van der Waals surface area contributed by atoms with Crippen LogP contribution in [-0.2, 0) is 4.79 Å². The Bertz CT molecular complexity index is 184. The van der Waals surface area contributed by atoms with Crippen molar-refractivity contribution in [3.63, 3.8) is 0 Å². The average molecular weight is 190 g/mol. The molecular weight excluding hydrogens is 178 g/mol. The first-order valence-corrected chi connectivity index (χ1v) is 3.70. The number of nitrogens with zero attached hydrogens (tertiary/aromatic N) is 2. The summed E-state index contributed by atoms with van der Waals surface area (Å²) in [5.41, 5.74) is 0. The second-order valence-corrected chi connectivity index (χ2v) is 2.47. The summed E-state index contributed by atoms with van der Waals surface area (Å²) >= 11 is 0. The summed E-state index contributed by atoms with van der Waals surface area (Å²) in [6.45, 7) is 3.16. The molecule has 1 aliphatic heterocycles. The molecule has 1 aliphatic rings. The van der Waals surface area contributed by atoms with E-state index in [0.717, 1.165) is 26.2 Å². The van der Waals surface area contributed by atoms with Gasteiger partial charge in [0.1, 0.15) is 6.42 Å². The van der Waals surface area contributed by atoms with Crippen molar-refractivity contribution in [3.05, 3.63) is 0 Å². The van der Waals surface area contributed by atoms with Gasteiger partial charge in [0.05, 0.1) is 6.07 Å². The van der Waals surface area contributed by atoms with Crippen molar-refractivity contribution in [1.29, 1.82) is 5.26 Å². The molecule has 0 radical (unpaired) electrons. The van der Waals surface area contributed by atoms with Gasteiger partial charge in [0.25, 0.3) is 0 Å². The van der Waals surface area contributed by atoms with Crippen molar-refractivity contribution in [3.8, 4) is 6.07 Å². The van der Waals surface area contributed by atoms with Gasteiger partial charge in [0.2, 0.25) is 5.91 Å². The summed E-state index contributed by atoms with van der Waals surface area (Å²) in [5, 5.41) is 11.4. The molecule has 1 N–H and O–H groups in total. The number of hydrogen-bond acceptors (Lipinski definition) is 3. The van der Waals surface area contributed by atoms with Crippen molar-refractivity contribution in [2.45, 2.75) is 6.42 Å². The van der Waals surface area contributed by atoms with Gasteiger partial charge < -0.3 is 10.2 Å². The van der Waals surface area contributed by atoms with Crippen LogP contribution in [0.5, 0.6) is 0 Å². The molecule has 1 amide bonds. The molecule has 5 heteroatoms. The summed E-state index contributed by atoms with van der Waals surface area (Å²) in [6.07, 6.45) is 0.0139. The normalized spacial score (nSPS) is 16.1. The first kappa shape index (κ1) is 11.2. The number of carbonyl (C=O) groups excluding carboxylic acids is 1. The Morgan fingerprint density at radius 1 is 1.50 bits per heavy atom. The molecule has 0 saturated carbocycles. The molecule has 0 aromatic heterocycles. The number of amides is 1. The van der Waals surface area contributed by atoms with Crippen molar-refractivity contribution in [1.82, 2.24) is 10.2 Å².